The molecule has 0 N–H and O–H groups in total. The molecule has 0 unspecified atom stereocenters. The monoisotopic (exact) mass is 285 g/mol. The van der Waals surface area contributed by atoms with Gasteiger partial charge in [-0.2, -0.15) is 0 Å². The Morgan fingerprint density at radius 2 is 2.19 bits per heavy atom. The van der Waals surface area contributed by atoms with E-state index in [1.165, 1.54) is 0 Å². The van der Waals surface area contributed by atoms with Crippen LogP contribution in [0, 0.1) is 6.92 Å². The van der Waals surface area contributed by atoms with Gasteiger partial charge in [0.25, 0.3) is 0 Å². The molecule has 1 saturated heterocycles. The van der Waals surface area contributed by atoms with Gasteiger partial charge in [-0.25, -0.2) is 15.0 Å². The van der Waals surface area contributed by atoms with Crippen LogP contribution in [0.2, 0.25) is 0 Å². The first kappa shape index (κ1) is 13.7. The molecule has 0 bridgehead atoms. The zero-order valence-corrected chi connectivity index (χ0v) is 12.6. The topological polar surface area (TPSA) is 63.9 Å². The second-order valence-corrected chi connectivity index (χ2v) is 5.48. The van der Waals surface area contributed by atoms with Crippen molar-refractivity contribution in [1.82, 2.24) is 24.4 Å². The van der Waals surface area contributed by atoms with E-state index in [1.54, 1.807) is 13.1 Å². The maximum atomic E-state index is 11.7. The molecule has 1 amide bonds. The van der Waals surface area contributed by atoms with Crippen molar-refractivity contribution >= 4 is 5.91 Å². The number of nitrogens with zero attached hydrogens (tertiary/aromatic N) is 5. The number of aryl methyl sites for hydroxylation is 2. The number of aromatic nitrogens is 4. The van der Waals surface area contributed by atoms with Gasteiger partial charge in [0.2, 0.25) is 5.91 Å². The van der Waals surface area contributed by atoms with E-state index in [4.69, 9.17) is 0 Å². The highest BCUT2D eigenvalue weighted by molar-refractivity contribution is 5.74. The molecule has 0 radical (unpaired) electrons. The molecule has 110 valence electrons. The number of carbonyl (C=O) groups excluding carboxylic acids is 1. The number of likely N-dealkylation sites (tertiary alicyclic amines) is 1. The predicted octanol–water partition coefficient (Wildman–Crippen LogP) is 1.87. The average Bonchev–Trinajstić information content (AvgIpc) is 3.06. The summed E-state index contributed by atoms with van der Waals surface area (Å²) < 4.78 is 1.93. The number of amides is 1. The third-order valence-electron chi connectivity index (χ3n) is 3.88. The SMILES string of the molecule is CC(=O)N1CCC[C@H]1c1nc(C)cc(-c2nccn2C)n1. The molecule has 2 aromatic rings. The lowest BCUT2D eigenvalue weighted by molar-refractivity contribution is -0.129. The Morgan fingerprint density at radius 1 is 1.38 bits per heavy atom. The van der Waals surface area contributed by atoms with Gasteiger partial charge >= 0.3 is 0 Å². The fraction of sp³-hybridized carbons (Fsp3) is 0.467. The van der Waals surface area contributed by atoms with Crippen molar-refractivity contribution in [2.45, 2.75) is 32.7 Å². The largest absolute Gasteiger partial charge is 0.333 e. The minimum atomic E-state index is -0.0126. The number of hydrogen-bond donors (Lipinski definition) is 0. The maximum absolute atomic E-state index is 11.7. The molecule has 0 aliphatic carbocycles. The third kappa shape index (κ3) is 2.53. The van der Waals surface area contributed by atoms with Crippen LogP contribution in [0.4, 0.5) is 0 Å². The van der Waals surface area contributed by atoms with Gasteiger partial charge in [-0.15, -0.1) is 0 Å². The summed E-state index contributed by atoms with van der Waals surface area (Å²) in [4.78, 5) is 27.1. The molecule has 1 aliphatic heterocycles. The Balaban J connectivity index is 2.02. The first-order chi connectivity index (χ1) is 10.1. The molecule has 0 spiro atoms. The van der Waals surface area contributed by atoms with Gasteiger partial charge in [0, 0.05) is 38.6 Å². The molecule has 3 rings (SSSR count). The van der Waals surface area contributed by atoms with Crippen LogP contribution in [0.15, 0.2) is 18.5 Å². The molecule has 3 heterocycles. The first-order valence-electron chi connectivity index (χ1n) is 7.17. The predicted molar refractivity (Wildman–Crippen MR) is 78.3 cm³/mol. The van der Waals surface area contributed by atoms with Crippen LogP contribution >= 0.6 is 0 Å². The summed E-state index contributed by atoms with van der Waals surface area (Å²) >= 11 is 0. The van der Waals surface area contributed by atoms with Crippen LogP contribution in [0.1, 0.15) is 37.3 Å². The average molecular weight is 285 g/mol. The molecule has 1 atom stereocenters. The van der Waals surface area contributed by atoms with E-state index >= 15 is 0 Å². The van der Waals surface area contributed by atoms with Gasteiger partial charge in [0.1, 0.15) is 5.69 Å². The Labute approximate surface area is 123 Å². The second-order valence-electron chi connectivity index (χ2n) is 5.48. The van der Waals surface area contributed by atoms with Crippen molar-refractivity contribution in [3.8, 4) is 11.5 Å². The van der Waals surface area contributed by atoms with Gasteiger partial charge in [0.05, 0.1) is 6.04 Å². The normalized spacial score (nSPS) is 18.2. The molecule has 1 aliphatic rings. The lowest BCUT2D eigenvalue weighted by Crippen LogP contribution is -2.29. The zero-order chi connectivity index (χ0) is 15.0. The van der Waals surface area contributed by atoms with Crippen LogP contribution in [0.5, 0.6) is 0 Å². The minimum Gasteiger partial charge on any atom is -0.333 e. The van der Waals surface area contributed by atoms with E-state index in [-0.39, 0.29) is 11.9 Å². The molecule has 21 heavy (non-hydrogen) atoms. The van der Waals surface area contributed by atoms with E-state index in [2.05, 4.69) is 15.0 Å². The lowest BCUT2D eigenvalue weighted by Gasteiger charge is -2.22. The van der Waals surface area contributed by atoms with Crippen molar-refractivity contribution in [3.05, 3.63) is 30.0 Å². The highest BCUT2D eigenvalue weighted by Crippen LogP contribution is 2.30. The van der Waals surface area contributed by atoms with Crippen LogP contribution in [-0.2, 0) is 11.8 Å². The number of carbonyl (C=O) groups is 1. The summed E-state index contributed by atoms with van der Waals surface area (Å²) in [5.74, 6) is 1.62. The van der Waals surface area contributed by atoms with Crippen LogP contribution < -0.4 is 0 Å². The van der Waals surface area contributed by atoms with Crippen molar-refractivity contribution in [2.24, 2.45) is 7.05 Å². The number of rotatable bonds is 2. The minimum absolute atomic E-state index is 0.0126. The van der Waals surface area contributed by atoms with Crippen molar-refractivity contribution < 1.29 is 4.79 Å². The Hall–Kier alpha value is -2.24. The van der Waals surface area contributed by atoms with E-state index in [0.29, 0.717) is 0 Å². The molecule has 6 heteroatoms. The molecular formula is C15H19N5O. The number of imidazole rings is 1. The summed E-state index contributed by atoms with van der Waals surface area (Å²) in [5, 5.41) is 0. The molecule has 0 saturated carbocycles. The fourth-order valence-electron chi connectivity index (χ4n) is 2.88. The summed E-state index contributed by atoms with van der Waals surface area (Å²) in [6.07, 6.45) is 5.57. The molecule has 2 aromatic heterocycles. The van der Waals surface area contributed by atoms with Gasteiger partial charge < -0.3 is 9.47 Å². The van der Waals surface area contributed by atoms with E-state index in [0.717, 1.165) is 42.4 Å². The molecule has 0 aromatic carbocycles. The van der Waals surface area contributed by atoms with Crippen molar-refractivity contribution in [2.75, 3.05) is 6.54 Å². The summed E-state index contributed by atoms with van der Waals surface area (Å²) in [7, 11) is 1.94. The molecule has 6 nitrogen and oxygen atoms in total. The summed E-state index contributed by atoms with van der Waals surface area (Å²) in [6, 6.07) is 1.92. The van der Waals surface area contributed by atoms with E-state index < -0.39 is 0 Å². The van der Waals surface area contributed by atoms with Crippen molar-refractivity contribution in [3.63, 3.8) is 0 Å². The van der Waals surface area contributed by atoms with Crippen LogP contribution in [-0.4, -0.2) is 36.9 Å². The Kier molecular flexibility index (Phi) is 3.45. The summed E-state index contributed by atoms with van der Waals surface area (Å²) in [5.41, 5.74) is 1.70. The maximum Gasteiger partial charge on any atom is 0.220 e. The van der Waals surface area contributed by atoms with Crippen LogP contribution in [0.25, 0.3) is 11.5 Å². The zero-order valence-electron chi connectivity index (χ0n) is 12.6. The molecular weight excluding hydrogens is 266 g/mol. The smallest absolute Gasteiger partial charge is 0.220 e. The first-order valence-corrected chi connectivity index (χ1v) is 7.17. The van der Waals surface area contributed by atoms with Gasteiger partial charge in [-0.1, -0.05) is 0 Å². The van der Waals surface area contributed by atoms with E-state index in [9.17, 15) is 4.79 Å². The quantitative estimate of drug-likeness (QED) is 0.845. The second kappa shape index (κ2) is 5.27. The Bertz CT molecular complexity index is 678. The highest BCUT2D eigenvalue weighted by atomic mass is 16.2. The number of hydrogen-bond acceptors (Lipinski definition) is 4. The van der Waals surface area contributed by atoms with Crippen LogP contribution in [0.3, 0.4) is 0 Å². The van der Waals surface area contributed by atoms with Gasteiger partial charge in [-0.3, -0.25) is 4.79 Å². The van der Waals surface area contributed by atoms with Gasteiger partial charge in [-0.05, 0) is 25.8 Å². The van der Waals surface area contributed by atoms with E-state index in [1.807, 2.05) is 35.7 Å². The van der Waals surface area contributed by atoms with Crippen molar-refractivity contribution in [1.29, 1.82) is 0 Å². The van der Waals surface area contributed by atoms with Gasteiger partial charge in [0.15, 0.2) is 11.6 Å². The Morgan fingerprint density at radius 3 is 2.86 bits per heavy atom. The highest BCUT2D eigenvalue weighted by Gasteiger charge is 2.30. The lowest BCUT2D eigenvalue weighted by atomic mass is 10.2. The fourth-order valence-corrected chi connectivity index (χ4v) is 2.88. The third-order valence-corrected chi connectivity index (χ3v) is 3.88. The summed E-state index contributed by atoms with van der Waals surface area (Å²) in [6.45, 7) is 4.34. The molecule has 1 fully saturated rings. The standard InChI is InChI=1S/C15H19N5O/c1-10-9-12(15-16-6-8-19(15)3)18-14(17-10)13-5-4-7-20(13)11(2)21/h6,8-9,13H,4-5,7H2,1-3H3/t13-/m0/s1.